The summed E-state index contributed by atoms with van der Waals surface area (Å²) in [5.74, 6) is 0.219. The largest absolute Gasteiger partial charge is 0.369 e. The lowest BCUT2D eigenvalue weighted by Crippen LogP contribution is -2.20. The molecule has 0 unspecified atom stereocenters. The van der Waals surface area contributed by atoms with Gasteiger partial charge in [-0.25, -0.2) is 14.4 Å². The molecule has 9 heteroatoms. The quantitative estimate of drug-likeness (QED) is 0.360. The van der Waals surface area contributed by atoms with Gasteiger partial charge in [-0.3, -0.25) is 14.8 Å². The molecule has 1 atom stereocenters. The second-order valence-corrected chi connectivity index (χ2v) is 8.97. The Hall–Kier alpha value is -3.59. The van der Waals surface area contributed by atoms with E-state index in [0.717, 1.165) is 28.7 Å². The van der Waals surface area contributed by atoms with Gasteiger partial charge in [-0.2, -0.15) is 13.5 Å². The van der Waals surface area contributed by atoms with Crippen LogP contribution in [0.15, 0.2) is 55.1 Å². The zero-order valence-corrected chi connectivity index (χ0v) is 21.3. The number of rotatable bonds is 7. The molecule has 1 aliphatic carbocycles. The lowest BCUT2D eigenvalue weighted by atomic mass is 9.82. The van der Waals surface area contributed by atoms with Crippen molar-refractivity contribution in [3.8, 4) is 11.3 Å². The molecule has 1 aromatic carbocycles. The molecule has 0 spiro atoms. The van der Waals surface area contributed by atoms with Crippen molar-refractivity contribution in [3.05, 3.63) is 77.8 Å². The molecule has 36 heavy (non-hydrogen) atoms. The Morgan fingerprint density at radius 3 is 2.64 bits per heavy atom. The van der Waals surface area contributed by atoms with Crippen LogP contribution in [0.5, 0.6) is 0 Å². The molecular formula is C27H29FN6OS. The Morgan fingerprint density at radius 1 is 1.11 bits per heavy atom. The van der Waals surface area contributed by atoms with E-state index in [2.05, 4.69) is 49.6 Å². The number of halogens is 1. The molecule has 2 N–H and O–H groups in total. The number of carbonyl (C=O) groups is 1. The number of anilines is 1. The van der Waals surface area contributed by atoms with Gasteiger partial charge < -0.3 is 10.6 Å². The van der Waals surface area contributed by atoms with Gasteiger partial charge in [-0.15, -0.1) is 0 Å². The maximum absolute atomic E-state index is 14.4. The van der Waals surface area contributed by atoms with Crippen molar-refractivity contribution in [2.24, 2.45) is 0 Å². The summed E-state index contributed by atoms with van der Waals surface area (Å²) in [5, 5.41) is 6.37. The molecule has 7 nitrogen and oxygen atoms in total. The number of carbonyl (C=O) groups excluding carboxylic acids is 1. The smallest absolute Gasteiger partial charge is 0.254 e. The SMILES string of the molecule is CNC(=O)c1c(F)cnc2c([C@H](C)CNc3cc(-c4ccc(C5CCC5)nc4)ncn3)cccc12.S. The third kappa shape index (κ3) is 5.02. The molecule has 0 aliphatic heterocycles. The van der Waals surface area contributed by atoms with Crippen LogP contribution in [-0.4, -0.2) is 39.4 Å². The van der Waals surface area contributed by atoms with Crippen LogP contribution >= 0.6 is 13.5 Å². The van der Waals surface area contributed by atoms with E-state index in [0.29, 0.717) is 29.2 Å². The summed E-state index contributed by atoms with van der Waals surface area (Å²) in [6.07, 6.45) is 8.26. The van der Waals surface area contributed by atoms with E-state index < -0.39 is 11.7 Å². The molecule has 1 saturated carbocycles. The summed E-state index contributed by atoms with van der Waals surface area (Å²) in [6.45, 7) is 2.63. The summed E-state index contributed by atoms with van der Waals surface area (Å²) >= 11 is 0. The number of hydrogen-bond donors (Lipinski definition) is 2. The summed E-state index contributed by atoms with van der Waals surface area (Å²) in [4.78, 5) is 30.0. The number of para-hydroxylation sites is 1. The molecule has 3 aromatic heterocycles. The minimum Gasteiger partial charge on any atom is -0.369 e. The Bertz CT molecular complexity index is 1380. The van der Waals surface area contributed by atoms with Gasteiger partial charge >= 0.3 is 0 Å². The molecule has 4 aromatic rings. The van der Waals surface area contributed by atoms with Crippen LogP contribution in [0.3, 0.4) is 0 Å². The summed E-state index contributed by atoms with van der Waals surface area (Å²) in [7, 11) is 1.49. The number of benzene rings is 1. The number of nitrogens with one attached hydrogen (secondary N) is 2. The predicted octanol–water partition coefficient (Wildman–Crippen LogP) is 5.18. The molecule has 0 radical (unpaired) electrons. The maximum Gasteiger partial charge on any atom is 0.254 e. The van der Waals surface area contributed by atoms with Crippen molar-refractivity contribution in [2.75, 3.05) is 18.9 Å². The Balaban J connectivity index is 0.00000304. The molecule has 5 rings (SSSR count). The first-order valence-electron chi connectivity index (χ1n) is 11.9. The van der Waals surface area contributed by atoms with E-state index in [4.69, 9.17) is 0 Å². The van der Waals surface area contributed by atoms with E-state index in [1.54, 1.807) is 12.4 Å². The van der Waals surface area contributed by atoms with Crippen LogP contribution < -0.4 is 10.6 Å². The average molecular weight is 505 g/mol. The first-order chi connectivity index (χ1) is 17.0. The molecule has 3 heterocycles. The molecule has 0 saturated heterocycles. The van der Waals surface area contributed by atoms with Crippen molar-refractivity contribution < 1.29 is 9.18 Å². The van der Waals surface area contributed by atoms with Gasteiger partial charge in [-0.1, -0.05) is 31.5 Å². The molecule has 186 valence electrons. The van der Waals surface area contributed by atoms with Gasteiger partial charge in [0.1, 0.15) is 12.1 Å². The number of aromatic nitrogens is 4. The van der Waals surface area contributed by atoms with E-state index in [-0.39, 0.29) is 25.0 Å². The molecule has 0 bridgehead atoms. The second kappa shape index (κ2) is 11.0. The van der Waals surface area contributed by atoms with Gasteiger partial charge in [-0.05, 0) is 30.5 Å². The molecule has 1 amide bonds. The van der Waals surface area contributed by atoms with Crippen LogP contribution in [0, 0.1) is 5.82 Å². The summed E-state index contributed by atoms with van der Waals surface area (Å²) in [5.41, 5.74) is 4.46. The van der Waals surface area contributed by atoms with Crippen LogP contribution in [0.4, 0.5) is 10.2 Å². The zero-order valence-electron chi connectivity index (χ0n) is 20.3. The van der Waals surface area contributed by atoms with Gasteiger partial charge in [0.15, 0.2) is 5.82 Å². The monoisotopic (exact) mass is 504 g/mol. The molecule has 1 aliphatic rings. The molecule has 1 fully saturated rings. The van der Waals surface area contributed by atoms with E-state index in [1.165, 1.54) is 26.3 Å². The Kier molecular flexibility index (Phi) is 7.79. The number of pyridine rings is 2. The fourth-order valence-electron chi connectivity index (χ4n) is 4.46. The summed E-state index contributed by atoms with van der Waals surface area (Å²) in [6, 6.07) is 11.6. The number of hydrogen-bond acceptors (Lipinski definition) is 6. The van der Waals surface area contributed by atoms with Crippen molar-refractivity contribution in [1.82, 2.24) is 25.3 Å². The van der Waals surface area contributed by atoms with Gasteiger partial charge in [0.2, 0.25) is 0 Å². The predicted molar refractivity (Wildman–Crippen MR) is 144 cm³/mol. The average Bonchev–Trinajstić information content (AvgIpc) is 2.86. The van der Waals surface area contributed by atoms with Crippen molar-refractivity contribution in [1.29, 1.82) is 0 Å². The maximum atomic E-state index is 14.4. The highest BCUT2D eigenvalue weighted by Crippen LogP contribution is 2.35. The van der Waals surface area contributed by atoms with Crippen LogP contribution in [0.1, 0.15) is 59.6 Å². The topological polar surface area (TPSA) is 92.7 Å². The van der Waals surface area contributed by atoms with E-state index in [9.17, 15) is 9.18 Å². The van der Waals surface area contributed by atoms with Gasteiger partial charge in [0.05, 0.1) is 23.0 Å². The Morgan fingerprint density at radius 2 is 1.94 bits per heavy atom. The number of fused-ring (bicyclic) bond motifs is 1. The van der Waals surface area contributed by atoms with Crippen LogP contribution in [0.2, 0.25) is 0 Å². The lowest BCUT2D eigenvalue weighted by Gasteiger charge is -2.24. The van der Waals surface area contributed by atoms with Crippen molar-refractivity contribution in [3.63, 3.8) is 0 Å². The minimum atomic E-state index is -0.636. The number of nitrogens with zero attached hydrogens (tertiary/aromatic N) is 4. The lowest BCUT2D eigenvalue weighted by molar-refractivity contribution is 0.0960. The second-order valence-electron chi connectivity index (χ2n) is 8.97. The van der Waals surface area contributed by atoms with E-state index in [1.807, 2.05) is 24.4 Å². The van der Waals surface area contributed by atoms with E-state index >= 15 is 0 Å². The minimum absolute atomic E-state index is 0. The highest BCUT2D eigenvalue weighted by atomic mass is 32.1. The third-order valence-electron chi connectivity index (χ3n) is 6.73. The highest BCUT2D eigenvalue weighted by Gasteiger charge is 2.21. The zero-order chi connectivity index (χ0) is 24.4. The standard InChI is InChI=1S/C27H27FN6O.H2S/c1-16(19-7-4-8-20-25(27(35)29-2)21(28)14-32-26(19)20)12-31-24-11-23(33-15-34-24)18-9-10-22(30-13-18)17-5-3-6-17;/h4,7-11,13-17H,3,5-6,12H2,1-2H3,(H,29,35)(H,31,33,34);1H2/t16-;/m1./s1. The Labute approximate surface area is 216 Å². The van der Waals surface area contributed by atoms with Crippen molar-refractivity contribution in [2.45, 2.75) is 38.0 Å². The number of amides is 1. The highest BCUT2D eigenvalue weighted by molar-refractivity contribution is 7.59. The summed E-state index contributed by atoms with van der Waals surface area (Å²) < 4.78 is 14.4. The van der Waals surface area contributed by atoms with Crippen molar-refractivity contribution >= 4 is 36.1 Å². The fraction of sp³-hybridized carbons (Fsp3) is 0.296. The first-order valence-corrected chi connectivity index (χ1v) is 11.9. The third-order valence-corrected chi connectivity index (χ3v) is 6.73. The van der Waals surface area contributed by atoms with Crippen LogP contribution in [0.25, 0.3) is 22.2 Å². The normalized spacial score (nSPS) is 14.0. The van der Waals surface area contributed by atoms with Gasteiger partial charge in [0.25, 0.3) is 5.91 Å². The fourth-order valence-corrected chi connectivity index (χ4v) is 4.46. The van der Waals surface area contributed by atoms with Crippen LogP contribution in [-0.2, 0) is 0 Å². The molecular weight excluding hydrogens is 475 g/mol. The van der Waals surface area contributed by atoms with Gasteiger partial charge in [0, 0.05) is 54.3 Å². The first kappa shape index (κ1) is 25.5.